The van der Waals surface area contributed by atoms with Crippen molar-refractivity contribution in [2.75, 3.05) is 7.11 Å². The van der Waals surface area contributed by atoms with Gasteiger partial charge in [0, 0.05) is 17.6 Å². The van der Waals surface area contributed by atoms with E-state index in [1.807, 2.05) is 0 Å². The molecule has 0 atom stereocenters. The fourth-order valence-corrected chi connectivity index (χ4v) is 3.76. The summed E-state index contributed by atoms with van der Waals surface area (Å²) in [5.41, 5.74) is 4.92. The van der Waals surface area contributed by atoms with Gasteiger partial charge in [-0.05, 0) is 31.0 Å². The van der Waals surface area contributed by atoms with E-state index in [0.29, 0.717) is 12.8 Å². The van der Waals surface area contributed by atoms with Crippen LogP contribution < -0.4 is 16.0 Å². The van der Waals surface area contributed by atoms with E-state index in [1.54, 1.807) is 0 Å². The number of methoxy groups -OCH3 is 1. The van der Waals surface area contributed by atoms with Crippen LogP contribution >= 0.6 is 11.6 Å². The van der Waals surface area contributed by atoms with Crippen LogP contribution in [0.15, 0.2) is 35.4 Å². The maximum Gasteiger partial charge on any atom is 0.261 e. The van der Waals surface area contributed by atoms with Crippen LogP contribution in [-0.4, -0.2) is 22.7 Å². The number of halogens is 3. The van der Waals surface area contributed by atoms with Crippen LogP contribution in [-0.2, 0) is 0 Å². The summed E-state index contributed by atoms with van der Waals surface area (Å²) in [5, 5.41) is -0.0510. The van der Waals surface area contributed by atoms with Crippen LogP contribution in [0, 0.1) is 11.6 Å². The van der Waals surface area contributed by atoms with Gasteiger partial charge in [0.1, 0.15) is 17.1 Å². The van der Waals surface area contributed by atoms with Crippen LogP contribution in [0.25, 0.3) is 22.0 Å². The number of aromatic nitrogens is 2. The Labute approximate surface area is 158 Å². The Bertz CT molecular complexity index is 1110. The Morgan fingerprint density at radius 1 is 1.30 bits per heavy atom. The largest absolute Gasteiger partial charge is 0.496 e. The highest BCUT2D eigenvalue weighted by molar-refractivity contribution is 6.34. The van der Waals surface area contributed by atoms with Crippen molar-refractivity contribution in [2.45, 2.75) is 24.9 Å². The molecule has 8 heteroatoms. The Hall–Kier alpha value is -2.51. The van der Waals surface area contributed by atoms with Gasteiger partial charge in [-0.2, -0.15) is 0 Å². The summed E-state index contributed by atoms with van der Waals surface area (Å²) in [4.78, 5) is 16.9. The van der Waals surface area contributed by atoms with Gasteiger partial charge in [-0.25, -0.2) is 13.8 Å². The zero-order valence-corrected chi connectivity index (χ0v) is 15.1. The maximum atomic E-state index is 15.2. The first-order valence-corrected chi connectivity index (χ1v) is 8.77. The van der Waals surface area contributed by atoms with E-state index >= 15 is 4.39 Å². The van der Waals surface area contributed by atoms with Gasteiger partial charge < -0.3 is 10.5 Å². The van der Waals surface area contributed by atoms with Gasteiger partial charge in [0.15, 0.2) is 5.82 Å². The lowest BCUT2D eigenvalue weighted by molar-refractivity contribution is 0.260. The highest BCUT2D eigenvalue weighted by atomic mass is 35.5. The number of benzene rings is 2. The second-order valence-corrected chi connectivity index (χ2v) is 7.01. The first kappa shape index (κ1) is 17.9. The molecule has 1 heterocycles. The highest BCUT2D eigenvalue weighted by Gasteiger charge is 2.29. The summed E-state index contributed by atoms with van der Waals surface area (Å²) in [6.07, 6.45) is 2.63. The van der Waals surface area contributed by atoms with Gasteiger partial charge in [-0.1, -0.05) is 17.7 Å². The first-order valence-electron chi connectivity index (χ1n) is 8.39. The Kier molecular flexibility index (Phi) is 4.36. The number of ether oxygens (including phenoxy) is 1. The molecule has 1 saturated carbocycles. The predicted molar refractivity (Wildman–Crippen MR) is 99.2 cm³/mol. The molecular weight excluding hydrogens is 376 g/mol. The molecule has 2 N–H and O–H groups in total. The van der Waals surface area contributed by atoms with E-state index in [2.05, 4.69) is 4.98 Å². The van der Waals surface area contributed by atoms with Gasteiger partial charge >= 0.3 is 0 Å². The van der Waals surface area contributed by atoms with Crippen molar-refractivity contribution >= 4 is 22.5 Å². The van der Waals surface area contributed by atoms with E-state index in [9.17, 15) is 9.18 Å². The second-order valence-electron chi connectivity index (χ2n) is 6.60. The number of hydrogen-bond acceptors (Lipinski definition) is 4. The van der Waals surface area contributed by atoms with E-state index in [-0.39, 0.29) is 44.9 Å². The third kappa shape index (κ3) is 2.78. The summed E-state index contributed by atoms with van der Waals surface area (Å²) >= 11 is 6.26. The van der Waals surface area contributed by atoms with Gasteiger partial charge in [0.25, 0.3) is 5.56 Å². The molecule has 0 radical (unpaired) electrons. The predicted octanol–water partition coefficient (Wildman–Crippen LogP) is 3.67. The fourth-order valence-electron chi connectivity index (χ4n) is 3.47. The molecule has 27 heavy (non-hydrogen) atoms. The minimum absolute atomic E-state index is 0.0412. The molecule has 0 amide bonds. The molecule has 0 unspecified atom stereocenters. The van der Waals surface area contributed by atoms with Crippen molar-refractivity contribution in [3.63, 3.8) is 0 Å². The van der Waals surface area contributed by atoms with Gasteiger partial charge in [-0.3, -0.25) is 9.36 Å². The molecule has 2 aromatic carbocycles. The molecule has 4 rings (SSSR count). The maximum absolute atomic E-state index is 15.2. The number of hydrogen-bond donors (Lipinski definition) is 1. The number of rotatable bonds is 3. The zero-order chi connectivity index (χ0) is 19.3. The third-order valence-electron chi connectivity index (χ3n) is 4.96. The molecule has 1 fully saturated rings. The molecule has 1 aliphatic carbocycles. The van der Waals surface area contributed by atoms with Crippen molar-refractivity contribution in [1.29, 1.82) is 0 Å². The molecule has 1 aromatic heterocycles. The molecule has 0 bridgehead atoms. The second kappa shape index (κ2) is 6.58. The van der Waals surface area contributed by atoms with Crippen LogP contribution in [0.5, 0.6) is 5.75 Å². The van der Waals surface area contributed by atoms with Crippen molar-refractivity contribution in [3.05, 3.63) is 57.6 Å². The first-order chi connectivity index (χ1) is 12.9. The lowest BCUT2D eigenvalue weighted by Crippen LogP contribution is -2.41. The van der Waals surface area contributed by atoms with Crippen molar-refractivity contribution < 1.29 is 13.5 Å². The topological polar surface area (TPSA) is 70.1 Å². The average Bonchev–Trinajstić information content (AvgIpc) is 2.61. The van der Waals surface area contributed by atoms with Gasteiger partial charge in [-0.15, -0.1) is 0 Å². The highest BCUT2D eigenvalue weighted by Crippen LogP contribution is 2.40. The van der Waals surface area contributed by atoms with Crippen LogP contribution in [0.1, 0.15) is 18.9 Å². The Morgan fingerprint density at radius 3 is 2.70 bits per heavy atom. The van der Waals surface area contributed by atoms with Gasteiger partial charge in [0.2, 0.25) is 0 Å². The molecule has 5 nitrogen and oxygen atoms in total. The summed E-state index contributed by atoms with van der Waals surface area (Å²) in [7, 11) is 1.35. The number of fused-ring (bicyclic) bond motifs is 1. The monoisotopic (exact) mass is 391 g/mol. The third-order valence-corrected chi connectivity index (χ3v) is 5.25. The average molecular weight is 392 g/mol. The molecular formula is C19H16ClF2N3O2. The summed E-state index contributed by atoms with van der Waals surface area (Å²) < 4.78 is 36.3. The Balaban J connectivity index is 1.96. The van der Waals surface area contributed by atoms with E-state index in [4.69, 9.17) is 22.1 Å². The van der Waals surface area contributed by atoms with E-state index in [1.165, 1.54) is 42.3 Å². The fraction of sp³-hybridized carbons (Fsp3) is 0.263. The standard InChI is InChI=1S/C19H16ClF2N3O2/c1-27-14-4-2-3-13(21)16(14)15-12(20)7-11-18(17(15)22)24-8-25(19(11)26)10-5-9(23)6-10/h2-4,7-10H,5-6,23H2,1H3. The zero-order valence-electron chi connectivity index (χ0n) is 14.4. The molecule has 3 aromatic rings. The quantitative estimate of drug-likeness (QED) is 0.739. The van der Waals surface area contributed by atoms with E-state index < -0.39 is 17.2 Å². The smallest absolute Gasteiger partial charge is 0.261 e. The molecule has 140 valence electrons. The van der Waals surface area contributed by atoms with Crippen LogP contribution in [0.3, 0.4) is 0 Å². The normalized spacial score (nSPS) is 19.1. The van der Waals surface area contributed by atoms with Crippen LogP contribution in [0.4, 0.5) is 8.78 Å². The lowest BCUT2D eigenvalue weighted by atomic mass is 9.87. The Morgan fingerprint density at radius 2 is 2.04 bits per heavy atom. The molecule has 0 spiro atoms. The van der Waals surface area contributed by atoms with Crippen LogP contribution in [0.2, 0.25) is 5.02 Å². The number of nitrogens with two attached hydrogens (primary N) is 1. The molecule has 1 aliphatic rings. The minimum Gasteiger partial charge on any atom is -0.496 e. The number of nitrogens with zero attached hydrogens (tertiary/aromatic N) is 2. The van der Waals surface area contributed by atoms with Gasteiger partial charge in [0.05, 0.1) is 29.4 Å². The lowest BCUT2D eigenvalue weighted by Gasteiger charge is -2.33. The summed E-state index contributed by atoms with van der Waals surface area (Å²) in [6, 6.07) is 5.45. The van der Waals surface area contributed by atoms with Crippen molar-refractivity contribution in [2.24, 2.45) is 5.73 Å². The van der Waals surface area contributed by atoms with Crippen molar-refractivity contribution in [3.8, 4) is 16.9 Å². The SMILES string of the molecule is COc1cccc(F)c1-c1c(Cl)cc2c(=O)n(C3CC(N)C3)cnc2c1F. The minimum atomic E-state index is -0.865. The molecule has 0 aliphatic heterocycles. The summed E-state index contributed by atoms with van der Waals surface area (Å²) in [5.74, 6) is -1.42. The van der Waals surface area contributed by atoms with E-state index in [0.717, 1.165) is 0 Å². The summed E-state index contributed by atoms with van der Waals surface area (Å²) in [6.45, 7) is 0. The molecule has 0 saturated heterocycles. The van der Waals surface area contributed by atoms with Crippen molar-refractivity contribution in [1.82, 2.24) is 9.55 Å².